The quantitative estimate of drug-likeness (QED) is 0.859. The molecule has 0 aliphatic rings. The van der Waals surface area contributed by atoms with Gasteiger partial charge >= 0.3 is 0 Å². The van der Waals surface area contributed by atoms with E-state index in [1.807, 2.05) is 0 Å². The summed E-state index contributed by atoms with van der Waals surface area (Å²) in [6, 6.07) is 3.04. The van der Waals surface area contributed by atoms with Crippen molar-refractivity contribution in [2.75, 3.05) is 12.4 Å². The van der Waals surface area contributed by atoms with E-state index in [1.165, 1.54) is 25.6 Å². The fraction of sp³-hybridized carbons (Fsp3) is 0.167. The van der Waals surface area contributed by atoms with Crippen LogP contribution in [0.15, 0.2) is 24.5 Å². The molecule has 0 saturated heterocycles. The topological polar surface area (TPSA) is 97.2 Å². The standard InChI is InChI=1S/C12H12N4O3/c1-7-5-10(19-2)15-12(14-7)16-11(18)8-3-4-13-6-9(8)17/h3-6,17H,1-2H3,(H,14,15,16,18). The lowest BCUT2D eigenvalue weighted by molar-refractivity contribution is 0.102. The van der Waals surface area contributed by atoms with Crippen LogP contribution in [0, 0.1) is 6.92 Å². The fourth-order valence-electron chi connectivity index (χ4n) is 1.45. The van der Waals surface area contributed by atoms with Gasteiger partial charge in [0.05, 0.1) is 18.9 Å². The minimum Gasteiger partial charge on any atom is -0.505 e. The Morgan fingerprint density at radius 2 is 2.21 bits per heavy atom. The van der Waals surface area contributed by atoms with Crippen molar-refractivity contribution in [2.45, 2.75) is 6.92 Å². The van der Waals surface area contributed by atoms with E-state index in [-0.39, 0.29) is 17.3 Å². The Hall–Kier alpha value is -2.70. The largest absolute Gasteiger partial charge is 0.505 e. The van der Waals surface area contributed by atoms with E-state index < -0.39 is 5.91 Å². The van der Waals surface area contributed by atoms with Gasteiger partial charge in [0.1, 0.15) is 5.75 Å². The number of aromatic nitrogens is 3. The highest BCUT2D eigenvalue weighted by molar-refractivity contribution is 6.05. The van der Waals surface area contributed by atoms with E-state index in [0.717, 1.165) is 0 Å². The minimum absolute atomic E-state index is 0.0964. The van der Waals surface area contributed by atoms with E-state index in [1.54, 1.807) is 13.0 Å². The third kappa shape index (κ3) is 2.95. The van der Waals surface area contributed by atoms with E-state index >= 15 is 0 Å². The van der Waals surface area contributed by atoms with Crippen molar-refractivity contribution >= 4 is 11.9 Å². The van der Waals surface area contributed by atoms with Gasteiger partial charge < -0.3 is 9.84 Å². The first kappa shape index (κ1) is 12.7. The molecule has 7 heteroatoms. The number of pyridine rings is 1. The van der Waals surface area contributed by atoms with Crippen LogP contribution < -0.4 is 10.1 Å². The van der Waals surface area contributed by atoms with Gasteiger partial charge in [-0.2, -0.15) is 4.98 Å². The lowest BCUT2D eigenvalue weighted by atomic mass is 10.2. The zero-order valence-electron chi connectivity index (χ0n) is 10.4. The van der Waals surface area contributed by atoms with Crippen molar-refractivity contribution in [3.8, 4) is 11.6 Å². The second-order valence-corrected chi connectivity index (χ2v) is 3.72. The SMILES string of the molecule is COc1cc(C)nc(NC(=O)c2ccncc2O)n1. The second-order valence-electron chi connectivity index (χ2n) is 3.72. The summed E-state index contributed by atoms with van der Waals surface area (Å²) in [6.45, 7) is 1.75. The summed E-state index contributed by atoms with van der Waals surface area (Å²) in [5.74, 6) is -0.271. The number of nitrogens with zero attached hydrogens (tertiary/aromatic N) is 3. The molecule has 0 bridgehead atoms. The Morgan fingerprint density at radius 1 is 1.42 bits per heavy atom. The highest BCUT2D eigenvalue weighted by atomic mass is 16.5. The molecule has 0 atom stereocenters. The van der Waals surface area contributed by atoms with Gasteiger partial charge in [-0.15, -0.1) is 0 Å². The summed E-state index contributed by atoms with van der Waals surface area (Å²) in [5.41, 5.74) is 0.750. The van der Waals surface area contributed by atoms with Crippen LogP contribution in [0.2, 0.25) is 0 Å². The Bertz CT molecular complexity index is 616. The molecule has 0 radical (unpaired) electrons. The summed E-state index contributed by atoms with van der Waals surface area (Å²) >= 11 is 0. The van der Waals surface area contributed by atoms with Crippen LogP contribution in [-0.4, -0.2) is 33.1 Å². The van der Waals surface area contributed by atoms with Gasteiger partial charge in [0.25, 0.3) is 5.91 Å². The first-order valence-corrected chi connectivity index (χ1v) is 5.44. The van der Waals surface area contributed by atoms with Gasteiger partial charge in [0.2, 0.25) is 11.8 Å². The minimum atomic E-state index is -0.521. The summed E-state index contributed by atoms with van der Waals surface area (Å²) in [6.07, 6.45) is 2.60. The normalized spacial score (nSPS) is 10.0. The number of aromatic hydroxyl groups is 1. The number of rotatable bonds is 3. The molecule has 2 heterocycles. The van der Waals surface area contributed by atoms with Crippen LogP contribution in [0.4, 0.5) is 5.95 Å². The number of aryl methyl sites for hydroxylation is 1. The third-order valence-corrected chi connectivity index (χ3v) is 2.31. The van der Waals surface area contributed by atoms with E-state index in [4.69, 9.17) is 4.74 Å². The van der Waals surface area contributed by atoms with Crippen LogP contribution in [-0.2, 0) is 0 Å². The Kier molecular flexibility index (Phi) is 3.56. The average Bonchev–Trinajstić information content (AvgIpc) is 2.38. The highest BCUT2D eigenvalue weighted by Crippen LogP contribution is 2.16. The molecule has 2 aromatic rings. The lowest BCUT2D eigenvalue weighted by Crippen LogP contribution is -2.15. The zero-order valence-corrected chi connectivity index (χ0v) is 10.4. The maximum Gasteiger partial charge on any atom is 0.261 e. The zero-order chi connectivity index (χ0) is 13.8. The Balaban J connectivity index is 2.24. The fourth-order valence-corrected chi connectivity index (χ4v) is 1.45. The maximum absolute atomic E-state index is 11.9. The molecule has 7 nitrogen and oxygen atoms in total. The molecule has 19 heavy (non-hydrogen) atoms. The molecule has 2 rings (SSSR count). The summed E-state index contributed by atoms with van der Waals surface area (Å²) in [7, 11) is 1.47. The number of amides is 1. The number of nitrogens with one attached hydrogen (secondary N) is 1. The molecule has 0 aromatic carbocycles. The molecular formula is C12H12N4O3. The molecule has 2 aromatic heterocycles. The lowest BCUT2D eigenvalue weighted by Gasteiger charge is -2.07. The van der Waals surface area contributed by atoms with E-state index in [0.29, 0.717) is 11.6 Å². The van der Waals surface area contributed by atoms with Crippen molar-refractivity contribution in [1.82, 2.24) is 15.0 Å². The molecule has 0 saturated carbocycles. The van der Waals surface area contributed by atoms with Crippen molar-refractivity contribution in [2.24, 2.45) is 0 Å². The first-order valence-electron chi connectivity index (χ1n) is 5.44. The molecule has 0 aliphatic carbocycles. The highest BCUT2D eigenvalue weighted by Gasteiger charge is 2.13. The average molecular weight is 260 g/mol. The van der Waals surface area contributed by atoms with Crippen LogP contribution in [0.3, 0.4) is 0 Å². The van der Waals surface area contributed by atoms with Gasteiger partial charge in [-0.05, 0) is 13.0 Å². The second kappa shape index (κ2) is 5.30. The number of anilines is 1. The van der Waals surface area contributed by atoms with Crippen LogP contribution in [0.1, 0.15) is 16.1 Å². The third-order valence-electron chi connectivity index (χ3n) is 2.31. The van der Waals surface area contributed by atoms with E-state index in [9.17, 15) is 9.90 Å². The molecule has 0 unspecified atom stereocenters. The van der Waals surface area contributed by atoms with Gasteiger partial charge in [0, 0.05) is 18.0 Å². The molecule has 0 aliphatic heterocycles. The first-order chi connectivity index (χ1) is 9.10. The molecule has 0 spiro atoms. The van der Waals surface area contributed by atoms with Crippen molar-refractivity contribution < 1.29 is 14.6 Å². The summed E-state index contributed by atoms with van der Waals surface area (Å²) in [4.78, 5) is 23.7. The summed E-state index contributed by atoms with van der Waals surface area (Å²) < 4.78 is 4.98. The van der Waals surface area contributed by atoms with Gasteiger partial charge in [-0.1, -0.05) is 0 Å². The number of hydrogen-bond donors (Lipinski definition) is 2. The maximum atomic E-state index is 11.9. The molecule has 0 fully saturated rings. The smallest absolute Gasteiger partial charge is 0.261 e. The van der Waals surface area contributed by atoms with Gasteiger partial charge in [-0.3, -0.25) is 15.1 Å². The number of carbonyl (C=O) groups is 1. The Labute approximate surface area is 109 Å². The Morgan fingerprint density at radius 3 is 2.89 bits per heavy atom. The molecule has 98 valence electrons. The van der Waals surface area contributed by atoms with E-state index in [2.05, 4.69) is 20.3 Å². The molecule has 2 N–H and O–H groups in total. The van der Waals surface area contributed by atoms with Crippen molar-refractivity contribution in [1.29, 1.82) is 0 Å². The van der Waals surface area contributed by atoms with Crippen LogP contribution >= 0.6 is 0 Å². The van der Waals surface area contributed by atoms with Crippen molar-refractivity contribution in [3.05, 3.63) is 35.8 Å². The monoisotopic (exact) mass is 260 g/mol. The number of methoxy groups -OCH3 is 1. The summed E-state index contributed by atoms with van der Waals surface area (Å²) in [5, 5.41) is 12.0. The predicted molar refractivity (Wildman–Crippen MR) is 67.2 cm³/mol. The molecular weight excluding hydrogens is 248 g/mol. The molecule has 1 amide bonds. The predicted octanol–water partition coefficient (Wildman–Crippen LogP) is 1.15. The van der Waals surface area contributed by atoms with Crippen molar-refractivity contribution in [3.63, 3.8) is 0 Å². The number of hydrogen-bond acceptors (Lipinski definition) is 6. The van der Waals surface area contributed by atoms with Gasteiger partial charge in [-0.25, -0.2) is 4.98 Å². The van der Waals surface area contributed by atoms with Crippen LogP contribution in [0.5, 0.6) is 11.6 Å². The number of ether oxygens (including phenoxy) is 1. The number of carbonyl (C=O) groups excluding carboxylic acids is 1. The van der Waals surface area contributed by atoms with Crippen LogP contribution in [0.25, 0.3) is 0 Å². The van der Waals surface area contributed by atoms with Gasteiger partial charge in [0.15, 0.2) is 0 Å².